The Labute approximate surface area is 114 Å². The van der Waals surface area contributed by atoms with Gasteiger partial charge in [-0.15, -0.1) is 0 Å². The summed E-state index contributed by atoms with van der Waals surface area (Å²) in [6, 6.07) is 0.750. The molecule has 1 rings (SSSR count). The molecule has 2 nitrogen and oxygen atoms in total. The fourth-order valence-electron chi connectivity index (χ4n) is 2.86. The highest BCUT2D eigenvalue weighted by atomic mass is 16.5. The topological polar surface area (TPSA) is 12.5 Å². The maximum atomic E-state index is 5.68. The van der Waals surface area contributed by atoms with Gasteiger partial charge in [0.05, 0.1) is 6.73 Å². The van der Waals surface area contributed by atoms with Crippen LogP contribution in [-0.2, 0) is 4.74 Å². The van der Waals surface area contributed by atoms with Crippen molar-refractivity contribution in [1.82, 2.24) is 4.90 Å². The van der Waals surface area contributed by atoms with Gasteiger partial charge in [-0.05, 0) is 26.3 Å². The van der Waals surface area contributed by atoms with Crippen LogP contribution in [0.15, 0.2) is 0 Å². The Kier molecular flexibility index (Phi) is 9.59. The molecule has 0 unspecified atom stereocenters. The molecule has 108 valence electrons. The van der Waals surface area contributed by atoms with Gasteiger partial charge in [0.25, 0.3) is 0 Å². The second kappa shape index (κ2) is 10.8. The maximum absolute atomic E-state index is 5.68. The van der Waals surface area contributed by atoms with Crippen molar-refractivity contribution in [2.75, 3.05) is 20.4 Å². The van der Waals surface area contributed by atoms with E-state index in [4.69, 9.17) is 4.74 Å². The Bertz CT molecular complexity index is 172. The third-order valence-electron chi connectivity index (χ3n) is 4.09. The van der Waals surface area contributed by atoms with Crippen LogP contribution in [0.2, 0.25) is 0 Å². The lowest BCUT2D eigenvalue weighted by atomic mass is 10.0. The van der Waals surface area contributed by atoms with Crippen LogP contribution in [0.1, 0.15) is 77.6 Å². The average molecular weight is 255 g/mol. The molecule has 0 radical (unpaired) electrons. The number of hydrogen-bond acceptors (Lipinski definition) is 2. The summed E-state index contributed by atoms with van der Waals surface area (Å²) >= 11 is 0. The van der Waals surface area contributed by atoms with Gasteiger partial charge in [-0.1, -0.05) is 58.3 Å². The third kappa shape index (κ3) is 7.38. The van der Waals surface area contributed by atoms with E-state index in [-0.39, 0.29) is 0 Å². The van der Waals surface area contributed by atoms with Crippen LogP contribution in [0, 0.1) is 0 Å². The van der Waals surface area contributed by atoms with E-state index in [0.29, 0.717) is 0 Å². The quantitative estimate of drug-likeness (QED) is 0.526. The molecule has 0 aromatic carbocycles. The van der Waals surface area contributed by atoms with Crippen molar-refractivity contribution in [2.24, 2.45) is 0 Å². The molecule has 0 spiro atoms. The largest absolute Gasteiger partial charge is 0.366 e. The number of nitrogens with zero attached hydrogens (tertiary/aromatic N) is 1. The van der Waals surface area contributed by atoms with Gasteiger partial charge in [0.2, 0.25) is 0 Å². The first-order chi connectivity index (χ1) is 8.84. The molecule has 1 saturated carbocycles. The minimum Gasteiger partial charge on any atom is -0.366 e. The fraction of sp³-hybridized carbons (Fsp3) is 1.00. The highest BCUT2D eigenvalue weighted by Gasteiger charge is 2.14. The lowest BCUT2D eigenvalue weighted by molar-refractivity contribution is 0.0158. The molecule has 2 heteroatoms. The zero-order valence-corrected chi connectivity index (χ0v) is 12.6. The van der Waals surface area contributed by atoms with E-state index in [2.05, 4.69) is 18.9 Å². The minimum atomic E-state index is 0.750. The Morgan fingerprint density at radius 1 is 0.889 bits per heavy atom. The molecule has 0 aromatic heterocycles. The number of hydrogen-bond donors (Lipinski definition) is 0. The first-order valence-corrected chi connectivity index (χ1v) is 8.12. The molecular weight excluding hydrogens is 222 g/mol. The zero-order valence-electron chi connectivity index (χ0n) is 12.6. The lowest BCUT2D eigenvalue weighted by Gasteiger charge is -2.28. The monoisotopic (exact) mass is 255 g/mol. The van der Waals surface area contributed by atoms with E-state index >= 15 is 0 Å². The van der Waals surface area contributed by atoms with Crippen molar-refractivity contribution in [3.8, 4) is 0 Å². The van der Waals surface area contributed by atoms with Crippen molar-refractivity contribution in [1.29, 1.82) is 0 Å². The summed E-state index contributed by atoms with van der Waals surface area (Å²) in [5, 5.41) is 0. The first kappa shape index (κ1) is 16.0. The molecule has 0 saturated heterocycles. The van der Waals surface area contributed by atoms with Crippen molar-refractivity contribution >= 4 is 0 Å². The standard InChI is InChI=1S/C16H33NO/c1-3-14-18-15-17(2)16-12-10-8-6-4-5-7-9-11-13-16/h16H,3-15H2,1-2H3. The van der Waals surface area contributed by atoms with Crippen LogP contribution in [0.4, 0.5) is 0 Å². The number of ether oxygens (including phenoxy) is 1. The van der Waals surface area contributed by atoms with Gasteiger partial charge < -0.3 is 4.74 Å². The Balaban J connectivity index is 2.28. The third-order valence-corrected chi connectivity index (χ3v) is 4.09. The Hall–Kier alpha value is -0.0800. The fourth-order valence-corrected chi connectivity index (χ4v) is 2.86. The second-order valence-electron chi connectivity index (χ2n) is 5.85. The lowest BCUT2D eigenvalue weighted by Crippen LogP contribution is -2.33. The Morgan fingerprint density at radius 3 is 1.89 bits per heavy atom. The SMILES string of the molecule is CCCOCN(C)C1CCCCCCCCCC1. The summed E-state index contributed by atoms with van der Waals surface area (Å²) in [4.78, 5) is 2.44. The van der Waals surface area contributed by atoms with Gasteiger partial charge in [0.1, 0.15) is 0 Å². The molecular formula is C16H33NO. The van der Waals surface area contributed by atoms with Crippen molar-refractivity contribution < 1.29 is 4.74 Å². The molecule has 0 bridgehead atoms. The first-order valence-electron chi connectivity index (χ1n) is 8.12. The highest BCUT2D eigenvalue weighted by molar-refractivity contribution is 4.68. The predicted molar refractivity (Wildman–Crippen MR) is 78.8 cm³/mol. The van der Waals surface area contributed by atoms with Crippen LogP contribution < -0.4 is 0 Å². The Morgan fingerprint density at radius 2 is 1.39 bits per heavy atom. The van der Waals surface area contributed by atoms with E-state index in [9.17, 15) is 0 Å². The summed E-state index contributed by atoms with van der Waals surface area (Å²) < 4.78 is 5.68. The summed E-state index contributed by atoms with van der Waals surface area (Å²) in [6.07, 6.45) is 15.3. The molecule has 1 aliphatic carbocycles. The van der Waals surface area contributed by atoms with Gasteiger partial charge in [-0.25, -0.2) is 0 Å². The van der Waals surface area contributed by atoms with Gasteiger partial charge in [0.15, 0.2) is 0 Å². The molecule has 0 amide bonds. The van der Waals surface area contributed by atoms with E-state index in [0.717, 1.165) is 25.8 Å². The molecule has 18 heavy (non-hydrogen) atoms. The van der Waals surface area contributed by atoms with Gasteiger partial charge in [-0.2, -0.15) is 0 Å². The van der Waals surface area contributed by atoms with Crippen LogP contribution in [0.5, 0.6) is 0 Å². The van der Waals surface area contributed by atoms with E-state index in [1.807, 2.05) is 0 Å². The zero-order chi connectivity index (χ0) is 13.1. The van der Waals surface area contributed by atoms with Crippen molar-refractivity contribution in [2.45, 2.75) is 83.6 Å². The normalized spacial score (nSPS) is 20.8. The molecule has 0 aromatic rings. The van der Waals surface area contributed by atoms with E-state index in [1.165, 1.54) is 64.2 Å². The van der Waals surface area contributed by atoms with Crippen molar-refractivity contribution in [3.63, 3.8) is 0 Å². The average Bonchev–Trinajstić information content (AvgIpc) is 2.43. The highest BCUT2D eigenvalue weighted by Crippen LogP contribution is 2.19. The van der Waals surface area contributed by atoms with Crippen LogP contribution >= 0.6 is 0 Å². The summed E-state index contributed by atoms with van der Waals surface area (Å²) in [6.45, 7) is 3.89. The van der Waals surface area contributed by atoms with E-state index in [1.54, 1.807) is 0 Å². The predicted octanol–water partition coefficient (Wildman–Crippen LogP) is 4.59. The maximum Gasteiger partial charge on any atom is 0.0990 e. The minimum absolute atomic E-state index is 0.750. The molecule has 1 fully saturated rings. The number of rotatable bonds is 5. The van der Waals surface area contributed by atoms with Gasteiger partial charge >= 0.3 is 0 Å². The van der Waals surface area contributed by atoms with E-state index < -0.39 is 0 Å². The molecule has 0 aliphatic heterocycles. The van der Waals surface area contributed by atoms with Gasteiger partial charge in [0, 0.05) is 12.6 Å². The molecule has 0 N–H and O–H groups in total. The van der Waals surface area contributed by atoms with Crippen molar-refractivity contribution in [3.05, 3.63) is 0 Å². The molecule has 0 atom stereocenters. The molecule has 1 aliphatic rings. The second-order valence-corrected chi connectivity index (χ2v) is 5.85. The van der Waals surface area contributed by atoms with Crippen LogP contribution in [-0.4, -0.2) is 31.3 Å². The summed E-state index contributed by atoms with van der Waals surface area (Å²) in [7, 11) is 2.24. The smallest absolute Gasteiger partial charge is 0.0990 e. The molecule has 0 heterocycles. The van der Waals surface area contributed by atoms with Gasteiger partial charge in [-0.3, -0.25) is 4.90 Å². The van der Waals surface area contributed by atoms with Crippen LogP contribution in [0.25, 0.3) is 0 Å². The summed E-state index contributed by atoms with van der Waals surface area (Å²) in [5.41, 5.74) is 0. The van der Waals surface area contributed by atoms with Crippen LogP contribution in [0.3, 0.4) is 0 Å². The summed E-state index contributed by atoms with van der Waals surface area (Å²) in [5.74, 6) is 0.